The maximum absolute atomic E-state index is 12.6. The molecular weight excluding hydrogens is 298 g/mol. The summed E-state index contributed by atoms with van der Waals surface area (Å²) in [6.07, 6.45) is 0.228. The minimum atomic E-state index is -0.399. The molecular formula is C16H17N3O2S. The number of aryl methyl sites for hydroxylation is 1. The normalized spacial score (nSPS) is 21.2. The number of carbonyl (C=O) groups is 2. The van der Waals surface area contributed by atoms with Crippen LogP contribution in [0.1, 0.15) is 23.7 Å². The lowest BCUT2D eigenvalue weighted by atomic mass is 9.93. The van der Waals surface area contributed by atoms with Gasteiger partial charge in [-0.3, -0.25) is 9.59 Å². The largest absolute Gasteiger partial charge is 0.338 e. The van der Waals surface area contributed by atoms with E-state index in [2.05, 4.69) is 10.3 Å². The molecule has 6 heteroatoms. The molecule has 0 saturated carbocycles. The number of aromatic nitrogens is 1. The molecule has 1 aliphatic rings. The van der Waals surface area contributed by atoms with Crippen molar-refractivity contribution in [3.63, 3.8) is 0 Å². The Morgan fingerprint density at radius 1 is 1.36 bits per heavy atom. The highest BCUT2D eigenvalue weighted by molar-refractivity contribution is 7.13. The third-order valence-electron chi connectivity index (χ3n) is 3.91. The first-order chi connectivity index (χ1) is 10.6. The number of amides is 2. The van der Waals surface area contributed by atoms with Gasteiger partial charge < -0.3 is 10.2 Å². The minimum Gasteiger partial charge on any atom is -0.338 e. The summed E-state index contributed by atoms with van der Waals surface area (Å²) in [6.45, 7) is 1.88. The van der Waals surface area contributed by atoms with E-state index in [1.807, 2.05) is 42.6 Å². The summed E-state index contributed by atoms with van der Waals surface area (Å²) in [7, 11) is 1.75. The van der Waals surface area contributed by atoms with E-state index >= 15 is 0 Å². The van der Waals surface area contributed by atoms with Crippen LogP contribution in [0.2, 0.25) is 0 Å². The predicted octanol–water partition coefficient (Wildman–Crippen LogP) is 2.61. The number of benzene rings is 1. The van der Waals surface area contributed by atoms with Crippen LogP contribution in [-0.4, -0.2) is 28.7 Å². The van der Waals surface area contributed by atoms with Crippen molar-refractivity contribution in [1.82, 2.24) is 9.88 Å². The Hall–Kier alpha value is -2.21. The lowest BCUT2D eigenvalue weighted by Crippen LogP contribution is -2.29. The molecule has 2 heterocycles. The molecule has 0 radical (unpaired) electrons. The highest BCUT2D eigenvalue weighted by atomic mass is 32.1. The van der Waals surface area contributed by atoms with Gasteiger partial charge in [-0.1, -0.05) is 30.3 Å². The molecule has 114 valence electrons. The van der Waals surface area contributed by atoms with E-state index in [-0.39, 0.29) is 24.3 Å². The van der Waals surface area contributed by atoms with Crippen LogP contribution in [0.3, 0.4) is 0 Å². The molecule has 5 nitrogen and oxygen atoms in total. The molecule has 0 spiro atoms. The summed E-state index contributed by atoms with van der Waals surface area (Å²) >= 11 is 1.39. The highest BCUT2D eigenvalue weighted by Gasteiger charge is 2.42. The SMILES string of the molecule is Cc1csc(NC(=O)[C@@H]2CC(=O)N(C)[C@H]2c2ccccc2)n1. The van der Waals surface area contributed by atoms with Crippen molar-refractivity contribution < 1.29 is 9.59 Å². The first-order valence-electron chi connectivity index (χ1n) is 7.10. The van der Waals surface area contributed by atoms with Crippen molar-refractivity contribution in [3.8, 4) is 0 Å². The molecule has 1 N–H and O–H groups in total. The molecule has 0 bridgehead atoms. The summed E-state index contributed by atoms with van der Waals surface area (Å²) in [6, 6.07) is 9.44. The minimum absolute atomic E-state index is 0.00989. The number of nitrogens with one attached hydrogen (secondary N) is 1. The molecule has 2 atom stereocenters. The molecule has 2 aromatic rings. The second-order valence-electron chi connectivity index (χ2n) is 5.45. The fourth-order valence-corrected chi connectivity index (χ4v) is 3.51. The number of rotatable bonds is 3. The monoisotopic (exact) mass is 315 g/mol. The number of anilines is 1. The summed E-state index contributed by atoms with van der Waals surface area (Å²) in [5.74, 6) is -0.561. The van der Waals surface area contributed by atoms with Gasteiger partial charge in [0.05, 0.1) is 17.7 Å². The molecule has 1 aromatic heterocycles. The van der Waals surface area contributed by atoms with Crippen molar-refractivity contribution in [2.45, 2.75) is 19.4 Å². The number of likely N-dealkylation sites (tertiary alicyclic amines) is 1. The maximum atomic E-state index is 12.6. The van der Waals surface area contributed by atoms with Gasteiger partial charge in [-0.2, -0.15) is 0 Å². The Bertz CT molecular complexity index is 698. The molecule has 1 aromatic carbocycles. The van der Waals surface area contributed by atoms with Gasteiger partial charge in [0, 0.05) is 18.8 Å². The Labute approximate surface area is 133 Å². The maximum Gasteiger partial charge on any atom is 0.232 e. The van der Waals surface area contributed by atoms with E-state index in [4.69, 9.17) is 0 Å². The van der Waals surface area contributed by atoms with Crippen LogP contribution >= 0.6 is 11.3 Å². The molecule has 0 aliphatic carbocycles. The van der Waals surface area contributed by atoms with Crippen LogP contribution in [0.25, 0.3) is 0 Å². The standard InChI is InChI=1S/C16H17N3O2S/c1-10-9-22-16(17-10)18-15(21)12-8-13(20)19(2)14(12)11-6-4-3-5-7-11/h3-7,9,12,14H,8H2,1-2H3,(H,17,18,21)/t12-,14+/m1/s1. The van der Waals surface area contributed by atoms with Gasteiger partial charge in [-0.05, 0) is 12.5 Å². The second kappa shape index (κ2) is 5.88. The number of hydrogen-bond donors (Lipinski definition) is 1. The first-order valence-corrected chi connectivity index (χ1v) is 7.98. The zero-order valence-electron chi connectivity index (χ0n) is 12.4. The van der Waals surface area contributed by atoms with E-state index in [1.165, 1.54) is 11.3 Å². The van der Waals surface area contributed by atoms with Crippen molar-refractivity contribution in [1.29, 1.82) is 0 Å². The molecule has 1 aliphatic heterocycles. The average molecular weight is 315 g/mol. The van der Waals surface area contributed by atoms with E-state index in [9.17, 15) is 9.59 Å². The number of carbonyl (C=O) groups excluding carboxylic acids is 2. The zero-order valence-corrected chi connectivity index (χ0v) is 13.3. The van der Waals surface area contributed by atoms with Gasteiger partial charge in [0.1, 0.15) is 0 Å². The van der Waals surface area contributed by atoms with Gasteiger partial charge in [0.2, 0.25) is 11.8 Å². The molecule has 1 fully saturated rings. The lowest BCUT2D eigenvalue weighted by Gasteiger charge is -2.24. The smallest absolute Gasteiger partial charge is 0.232 e. The van der Waals surface area contributed by atoms with Crippen molar-refractivity contribution in [3.05, 3.63) is 47.0 Å². The second-order valence-corrected chi connectivity index (χ2v) is 6.31. The topological polar surface area (TPSA) is 62.3 Å². The number of hydrogen-bond acceptors (Lipinski definition) is 4. The quantitative estimate of drug-likeness (QED) is 0.947. The summed E-state index contributed by atoms with van der Waals surface area (Å²) in [5, 5.41) is 5.30. The first kappa shape index (κ1) is 14.7. The number of thiazole rings is 1. The molecule has 22 heavy (non-hydrogen) atoms. The Morgan fingerprint density at radius 2 is 2.09 bits per heavy atom. The van der Waals surface area contributed by atoms with Crippen molar-refractivity contribution in [2.24, 2.45) is 5.92 Å². The van der Waals surface area contributed by atoms with Gasteiger partial charge in [0.15, 0.2) is 5.13 Å². The van der Waals surface area contributed by atoms with Gasteiger partial charge in [0.25, 0.3) is 0 Å². The fraction of sp³-hybridized carbons (Fsp3) is 0.312. The lowest BCUT2D eigenvalue weighted by molar-refractivity contribution is -0.127. The third kappa shape index (κ3) is 2.74. The fourth-order valence-electron chi connectivity index (χ4n) is 2.82. The Kier molecular flexibility index (Phi) is 3.94. The van der Waals surface area contributed by atoms with Crippen LogP contribution in [0.15, 0.2) is 35.7 Å². The van der Waals surface area contributed by atoms with Gasteiger partial charge >= 0.3 is 0 Å². The highest BCUT2D eigenvalue weighted by Crippen LogP contribution is 2.37. The molecule has 3 rings (SSSR count). The summed E-state index contributed by atoms with van der Waals surface area (Å²) in [4.78, 5) is 30.5. The Balaban J connectivity index is 1.84. The predicted molar refractivity (Wildman–Crippen MR) is 85.5 cm³/mol. The van der Waals surface area contributed by atoms with Crippen LogP contribution in [0, 0.1) is 12.8 Å². The average Bonchev–Trinajstić information content (AvgIpc) is 3.04. The van der Waals surface area contributed by atoms with Crippen LogP contribution in [0.4, 0.5) is 5.13 Å². The van der Waals surface area contributed by atoms with Crippen LogP contribution < -0.4 is 5.32 Å². The van der Waals surface area contributed by atoms with Crippen LogP contribution in [0.5, 0.6) is 0 Å². The zero-order chi connectivity index (χ0) is 15.7. The third-order valence-corrected chi connectivity index (χ3v) is 4.79. The van der Waals surface area contributed by atoms with Crippen molar-refractivity contribution in [2.75, 3.05) is 12.4 Å². The molecule has 0 unspecified atom stereocenters. The molecule has 1 saturated heterocycles. The van der Waals surface area contributed by atoms with Gasteiger partial charge in [-0.15, -0.1) is 11.3 Å². The van der Waals surface area contributed by atoms with E-state index in [1.54, 1.807) is 11.9 Å². The summed E-state index contributed by atoms with van der Waals surface area (Å²) < 4.78 is 0. The van der Waals surface area contributed by atoms with Gasteiger partial charge in [-0.25, -0.2) is 4.98 Å². The van der Waals surface area contributed by atoms with E-state index < -0.39 is 5.92 Å². The van der Waals surface area contributed by atoms with Crippen molar-refractivity contribution >= 4 is 28.3 Å². The van der Waals surface area contributed by atoms with E-state index in [0.29, 0.717) is 5.13 Å². The van der Waals surface area contributed by atoms with E-state index in [0.717, 1.165) is 11.3 Å². The summed E-state index contributed by atoms with van der Waals surface area (Å²) in [5.41, 5.74) is 1.85. The van der Waals surface area contributed by atoms with Crippen LogP contribution in [-0.2, 0) is 9.59 Å². The molecule has 2 amide bonds. The number of nitrogens with zero attached hydrogens (tertiary/aromatic N) is 2. The Morgan fingerprint density at radius 3 is 2.73 bits per heavy atom.